The zero-order chi connectivity index (χ0) is 23.3. The van der Waals surface area contributed by atoms with E-state index < -0.39 is 0 Å². The summed E-state index contributed by atoms with van der Waals surface area (Å²) in [5, 5.41) is 12.3. The van der Waals surface area contributed by atoms with Crippen molar-refractivity contribution in [2.24, 2.45) is 5.92 Å². The summed E-state index contributed by atoms with van der Waals surface area (Å²) in [5.74, 6) is 1.38. The van der Waals surface area contributed by atoms with Crippen LogP contribution in [0.15, 0.2) is 47.6 Å². The number of hydrogen-bond acceptors (Lipinski definition) is 5. The van der Waals surface area contributed by atoms with Crippen LogP contribution in [-0.2, 0) is 11.3 Å². The smallest absolute Gasteiger partial charge is 0.234 e. The van der Waals surface area contributed by atoms with E-state index in [1.165, 1.54) is 23.9 Å². The molecule has 0 fully saturated rings. The summed E-state index contributed by atoms with van der Waals surface area (Å²) in [6.45, 7) is 10.8. The Bertz CT molecular complexity index is 1070. The van der Waals surface area contributed by atoms with Gasteiger partial charge in [-0.2, -0.15) is 0 Å². The SMILES string of the molecule is Cc1ccc(C)c(NC(=O)CSc2nnc(C(C)Oc3ccc(F)cc3)n2CC(C)C)c1. The van der Waals surface area contributed by atoms with E-state index in [4.69, 9.17) is 4.74 Å². The number of thioether (sulfide) groups is 1. The Morgan fingerprint density at radius 1 is 1.12 bits per heavy atom. The Balaban J connectivity index is 1.70. The number of benzene rings is 2. The monoisotopic (exact) mass is 456 g/mol. The summed E-state index contributed by atoms with van der Waals surface area (Å²) in [6, 6.07) is 11.9. The first kappa shape index (κ1) is 23.8. The molecule has 1 N–H and O–H groups in total. The number of hydrogen-bond donors (Lipinski definition) is 1. The molecule has 6 nitrogen and oxygen atoms in total. The number of nitrogens with one attached hydrogen (secondary N) is 1. The Labute approximate surface area is 192 Å². The Kier molecular flexibility index (Phi) is 7.90. The number of aromatic nitrogens is 3. The van der Waals surface area contributed by atoms with Crippen molar-refractivity contribution >= 4 is 23.4 Å². The first-order chi connectivity index (χ1) is 15.2. The fourth-order valence-corrected chi connectivity index (χ4v) is 3.96. The van der Waals surface area contributed by atoms with Gasteiger partial charge in [-0.3, -0.25) is 4.79 Å². The van der Waals surface area contributed by atoms with Crippen LogP contribution in [0.4, 0.5) is 10.1 Å². The van der Waals surface area contributed by atoms with E-state index in [9.17, 15) is 9.18 Å². The van der Waals surface area contributed by atoms with Crippen LogP contribution < -0.4 is 10.1 Å². The maximum absolute atomic E-state index is 13.2. The fourth-order valence-electron chi connectivity index (χ4n) is 3.20. The van der Waals surface area contributed by atoms with Crippen LogP contribution in [0.3, 0.4) is 0 Å². The van der Waals surface area contributed by atoms with Crippen molar-refractivity contribution in [2.75, 3.05) is 11.1 Å². The minimum atomic E-state index is -0.384. The molecule has 0 saturated carbocycles. The molecule has 3 aromatic rings. The van der Waals surface area contributed by atoms with E-state index in [1.54, 1.807) is 12.1 Å². The largest absolute Gasteiger partial charge is 0.483 e. The molecule has 3 rings (SSSR count). The lowest BCUT2D eigenvalue weighted by molar-refractivity contribution is -0.113. The molecular formula is C24H29FN4O2S. The molecule has 1 atom stereocenters. The number of halogens is 1. The molecule has 2 aromatic carbocycles. The third kappa shape index (κ3) is 6.32. The normalized spacial score (nSPS) is 12.1. The second kappa shape index (κ2) is 10.6. The first-order valence-corrected chi connectivity index (χ1v) is 11.6. The number of ether oxygens (including phenoxy) is 1. The van der Waals surface area contributed by atoms with Crippen molar-refractivity contribution in [3.63, 3.8) is 0 Å². The number of nitrogens with zero attached hydrogens (tertiary/aromatic N) is 3. The summed E-state index contributed by atoms with van der Waals surface area (Å²) in [4.78, 5) is 12.5. The Morgan fingerprint density at radius 2 is 1.84 bits per heavy atom. The third-order valence-electron chi connectivity index (χ3n) is 4.78. The summed E-state index contributed by atoms with van der Waals surface area (Å²) in [6.07, 6.45) is -0.384. The van der Waals surface area contributed by atoms with Crippen molar-refractivity contribution < 1.29 is 13.9 Å². The lowest BCUT2D eigenvalue weighted by atomic mass is 10.1. The average Bonchev–Trinajstić information content (AvgIpc) is 3.13. The minimum absolute atomic E-state index is 0.0973. The van der Waals surface area contributed by atoms with Crippen LogP contribution in [0.1, 0.15) is 43.8 Å². The highest BCUT2D eigenvalue weighted by atomic mass is 32.2. The quantitative estimate of drug-likeness (QED) is 0.427. The fraction of sp³-hybridized carbons (Fsp3) is 0.375. The highest BCUT2D eigenvalue weighted by Gasteiger charge is 2.21. The minimum Gasteiger partial charge on any atom is -0.483 e. The molecule has 170 valence electrons. The van der Waals surface area contributed by atoms with Crippen molar-refractivity contribution in [1.29, 1.82) is 0 Å². The summed E-state index contributed by atoms with van der Waals surface area (Å²) in [7, 11) is 0. The van der Waals surface area contributed by atoms with Gasteiger partial charge in [-0.15, -0.1) is 10.2 Å². The molecule has 1 heterocycles. The van der Waals surface area contributed by atoms with Crippen LogP contribution in [0.2, 0.25) is 0 Å². The summed E-state index contributed by atoms with van der Waals surface area (Å²) >= 11 is 1.35. The van der Waals surface area contributed by atoms with Crippen molar-refractivity contribution in [3.05, 3.63) is 65.2 Å². The van der Waals surface area contributed by atoms with Crippen LogP contribution in [0, 0.1) is 25.6 Å². The van der Waals surface area contributed by atoms with Gasteiger partial charge in [0.15, 0.2) is 17.1 Å². The van der Waals surface area contributed by atoms with Crippen molar-refractivity contribution in [2.45, 2.75) is 52.4 Å². The highest BCUT2D eigenvalue weighted by Crippen LogP contribution is 2.26. The molecule has 1 amide bonds. The number of rotatable bonds is 9. The molecule has 0 radical (unpaired) electrons. The number of anilines is 1. The van der Waals surface area contributed by atoms with Crippen LogP contribution in [-0.4, -0.2) is 26.4 Å². The van der Waals surface area contributed by atoms with Gasteiger partial charge in [-0.1, -0.05) is 37.7 Å². The first-order valence-electron chi connectivity index (χ1n) is 10.6. The topological polar surface area (TPSA) is 69.0 Å². The van der Waals surface area contributed by atoms with Crippen LogP contribution in [0.25, 0.3) is 0 Å². The van der Waals surface area contributed by atoms with Crippen molar-refractivity contribution in [3.8, 4) is 5.75 Å². The average molecular weight is 457 g/mol. The predicted molar refractivity (Wildman–Crippen MR) is 126 cm³/mol. The molecule has 0 bridgehead atoms. The van der Waals surface area contributed by atoms with Crippen molar-refractivity contribution in [1.82, 2.24) is 14.8 Å². The maximum atomic E-state index is 13.2. The van der Waals surface area contributed by atoms with Gasteiger partial charge < -0.3 is 14.6 Å². The Hall–Kier alpha value is -2.87. The molecule has 0 aliphatic carbocycles. The molecule has 1 aromatic heterocycles. The Morgan fingerprint density at radius 3 is 2.53 bits per heavy atom. The molecule has 0 saturated heterocycles. The summed E-state index contributed by atoms with van der Waals surface area (Å²) < 4.78 is 21.1. The summed E-state index contributed by atoms with van der Waals surface area (Å²) in [5.41, 5.74) is 2.93. The number of carbonyl (C=O) groups excluding carboxylic acids is 1. The molecular weight excluding hydrogens is 427 g/mol. The highest BCUT2D eigenvalue weighted by molar-refractivity contribution is 7.99. The van der Waals surface area contributed by atoms with Gasteiger partial charge in [-0.05, 0) is 68.1 Å². The molecule has 8 heteroatoms. The maximum Gasteiger partial charge on any atom is 0.234 e. The van der Waals surface area contributed by atoms with E-state index in [1.807, 2.05) is 43.5 Å². The lowest BCUT2D eigenvalue weighted by Crippen LogP contribution is -2.17. The molecule has 0 spiro atoms. The van der Waals surface area contributed by atoms with Crippen LogP contribution in [0.5, 0.6) is 5.75 Å². The zero-order valence-electron chi connectivity index (χ0n) is 19.1. The zero-order valence-corrected chi connectivity index (χ0v) is 19.9. The lowest BCUT2D eigenvalue weighted by Gasteiger charge is -2.18. The number of carbonyl (C=O) groups is 1. The third-order valence-corrected chi connectivity index (χ3v) is 5.75. The molecule has 0 aliphatic heterocycles. The number of amides is 1. The molecule has 0 aliphatic rings. The second-order valence-electron chi connectivity index (χ2n) is 8.21. The van der Waals surface area contributed by atoms with Gasteiger partial charge in [0.2, 0.25) is 5.91 Å². The van der Waals surface area contributed by atoms with E-state index >= 15 is 0 Å². The predicted octanol–water partition coefficient (Wildman–Crippen LogP) is 5.56. The van der Waals surface area contributed by atoms with Gasteiger partial charge in [0.1, 0.15) is 11.6 Å². The van der Waals surface area contributed by atoms with E-state index in [-0.39, 0.29) is 23.6 Å². The van der Waals surface area contributed by atoms with E-state index in [0.29, 0.717) is 29.2 Å². The van der Waals surface area contributed by atoms with Crippen LogP contribution >= 0.6 is 11.8 Å². The van der Waals surface area contributed by atoms with E-state index in [0.717, 1.165) is 16.8 Å². The molecule has 1 unspecified atom stereocenters. The standard InChI is InChI=1S/C24H29FN4O2S/c1-15(2)13-29-23(18(5)31-20-10-8-19(25)9-11-20)27-28-24(29)32-14-22(30)26-21-12-16(3)6-7-17(21)4/h6-12,15,18H,13-14H2,1-5H3,(H,26,30). The number of aryl methyl sites for hydroxylation is 2. The van der Waals surface area contributed by atoms with Gasteiger partial charge >= 0.3 is 0 Å². The second-order valence-corrected chi connectivity index (χ2v) is 9.16. The van der Waals surface area contributed by atoms with E-state index in [2.05, 4.69) is 29.4 Å². The van der Waals surface area contributed by atoms with Gasteiger partial charge in [-0.25, -0.2) is 4.39 Å². The van der Waals surface area contributed by atoms with Gasteiger partial charge in [0, 0.05) is 12.2 Å². The molecule has 32 heavy (non-hydrogen) atoms. The van der Waals surface area contributed by atoms with Gasteiger partial charge in [0.25, 0.3) is 0 Å². The van der Waals surface area contributed by atoms with Gasteiger partial charge in [0.05, 0.1) is 5.75 Å².